The molecule has 2 aliphatic rings. The second kappa shape index (κ2) is 6.71. The number of hydrogen-bond donors (Lipinski definition) is 0. The van der Waals surface area contributed by atoms with Gasteiger partial charge >= 0.3 is 5.97 Å². The molecule has 0 saturated heterocycles. The van der Waals surface area contributed by atoms with Gasteiger partial charge in [0.2, 0.25) is 0 Å². The minimum Gasteiger partial charge on any atom is -0.472 e. The monoisotopic (exact) mass is 358 g/mol. The Bertz CT molecular complexity index is 725. The van der Waals surface area contributed by atoms with Crippen LogP contribution in [0.25, 0.3) is 0 Å². The molecule has 1 saturated carbocycles. The molecule has 0 unspecified atom stereocenters. The second-order valence-corrected chi connectivity index (χ2v) is 8.87. The summed E-state index contributed by atoms with van der Waals surface area (Å²) in [5, 5.41) is 0. The van der Waals surface area contributed by atoms with E-state index >= 15 is 0 Å². The Balaban J connectivity index is 2.03. The number of esters is 1. The minimum atomic E-state index is -0.662. The highest BCUT2D eigenvalue weighted by molar-refractivity contribution is 6.01. The zero-order chi connectivity index (χ0) is 19.1. The van der Waals surface area contributed by atoms with Gasteiger partial charge in [0.15, 0.2) is 11.9 Å². The molecule has 0 spiro atoms. The van der Waals surface area contributed by atoms with Crippen molar-refractivity contribution in [2.24, 2.45) is 16.7 Å². The van der Waals surface area contributed by atoms with E-state index < -0.39 is 6.10 Å². The predicted octanol–water partition coefficient (Wildman–Crippen LogP) is 4.88. The summed E-state index contributed by atoms with van der Waals surface area (Å²) in [5.41, 5.74) is 3.00. The van der Waals surface area contributed by atoms with Crippen LogP contribution in [-0.4, -0.2) is 17.9 Å². The number of furan rings is 1. The lowest BCUT2D eigenvalue weighted by Crippen LogP contribution is -2.56. The van der Waals surface area contributed by atoms with E-state index in [2.05, 4.69) is 20.8 Å². The van der Waals surface area contributed by atoms with Crippen molar-refractivity contribution in [2.75, 3.05) is 0 Å². The van der Waals surface area contributed by atoms with Crippen LogP contribution in [-0.2, 0) is 20.7 Å². The number of hydrogen-bond acceptors (Lipinski definition) is 4. The van der Waals surface area contributed by atoms with Crippen LogP contribution in [0.15, 0.2) is 34.2 Å². The van der Waals surface area contributed by atoms with E-state index in [-0.39, 0.29) is 28.5 Å². The normalized spacial score (nSPS) is 30.9. The van der Waals surface area contributed by atoms with Crippen LogP contribution in [0.3, 0.4) is 0 Å². The molecule has 3 rings (SSSR count). The molecule has 0 amide bonds. The van der Waals surface area contributed by atoms with Crippen LogP contribution >= 0.6 is 0 Å². The van der Waals surface area contributed by atoms with Crippen LogP contribution in [0.4, 0.5) is 0 Å². The van der Waals surface area contributed by atoms with Gasteiger partial charge in [0, 0.05) is 12.8 Å². The van der Waals surface area contributed by atoms with Crippen LogP contribution in [0.1, 0.15) is 65.9 Å². The van der Waals surface area contributed by atoms with Gasteiger partial charge in [-0.25, -0.2) is 0 Å². The van der Waals surface area contributed by atoms with E-state index in [1.807, 2.05) is 13.0 Å². The zero-order valence-electron chi connectivity index (χ0n) is 16.6. The fraction of sp³-hybridized carbons (Fsp3) is 0.636. The van der Waals surface area contributed by atoms with E-state index in [9.17, 15) is 9.59 Å². The first-order valence-electron chi connectivity index (χ1n) is 9.59. The van der Waals surface area contributed by atoms with Crippen molar-refractivity contribution in [3.63, 3.8) is 0 Å². The molecule has 1 aromatic rings. The van der Waals surface area contributed by atoms with Crippen molar-refractivity contribution in [3.05, 3.63) is 35.3 Å². The molecule has 2 aliphatic carbocycles. The standard InChI is InChI=1S/C22H30O4/c1-14-17(8-7-16-9-12-25-13-16)22(5)11-6-10-21(3,4)20(22)19(18(14)24)26-15(2)23/h9,12-13,19-20H,6-8,10-11H2,1-5H3/t19-,20-,22+/m0/s1. The number of allylic oxidation sites excluding steroid dienone is 1. The fourth-order valence-corrected chi connectivity index (χ4v) is 5.59. The number of fused-ring (bicyclic) bond motifs is 1. The van der Waals surface area contributed by atoms with Gasteiger partial charge < -0.3 is 9.15 Å². The second-order valence-electron chi connectivity index (χ2n) is 8.87. The number of Topliss-reactive ketones (excluding diaryl/α,β-unsaturated/α-hetero) is 1. The van der Waals surface area contributed by atoms with E-state index in [4.69, 9.17) is 9.15 Å². The Morgan fingerprint density at radius 3 is 2.62 bits per heavy atom. The highest BCUT2D eigenvalue weighted by Gasteiger charge is 2.58. The van der Waals surface area contributed by atoms with Crippen molar-refractivity contribution in [1.82, 2.24) is 0 Å². The lowest BCUT2D eigenvalue weighted by Gasteiger charge is -2.56. The minimum absolute atomic E-state index is 0.0140. The van der Waals surface area contributed by atoms with Gasteiger partial charge in [0.25, 0.3) is 0 Å². The lowest BCUT2D eigenvalue weighted by molar-refractivity contribution is -0.167. The molecular weight excluding hydrogens is 328 g/mol. The molecule has 0 aliphatic heterocycles. The van der Waals surface area contributed by atoms with E-state index in [0.717, 1.165) is 43.2 Å². The summed E-state index contributed by atoms with van der Waals surface area (Å²) in [7, 11) is 0. The Hall–Kier alpha value is -1.84. The van der Waals surface area contributed by atoms with Gasteiger partial charge in [-0.3, -0.25) is 9.59 Å². The Morgan fingerprint density at radius 1 is 1.27 bits per heavy atom. The fourth-order valence-electron chi connectivity index (χ4n) is 5.59. The van der Waals surface area contributed by atoms with Gasteiger partial charge in [-0.05, 0) is 60.6 Å². The summed E-state index contributed by atoms with van der Waals surface area (Å²) >= 11 is 0. The van der Waals surface area contributed by atoms with Crippen molar-refractivity contribution < 1.29 is 18.7 Å². The largest absolute Gasteiger partial charge is 0.472 e. The summed E-state index contributed by atoms with van der Waals surface area (Å²) in [5.74, 6) is -0.371. The molecule has 0 radical (unpaired) electrons. The molecule has 4 nitrogen and oxygen atoms in total. The summed E-state index contributed by atoms with van der Waals surface area (Å²) in [4.78, 5) is 24.9. The average molecular weight is 358 g/mol. The van der Waals surface area contributed by atoms with Gasteiger partial charge in [0.1, 0.15) is 0 Å². The van der Waals surface area contributed by atoms with E-state index in [1.54, 1.807) is 12.5 Å². The van der Waals surface area contributed by atoms with Crippen LogP contribution in [0.2, 0.25) is 0 Å². The van der Waals surface area contributed by atoms with Gasteiger partial charge in [-0.15, -0.1) is 0 Å². The third-order valence-corrected chi connectivity index (χ3v) is 6.66. The summed E-state index contributed by atoms with van der Waals surface area (Å²) in [6.07, 6.45) is 7.70. The van der Waals surface area contributed by atoms with Crippen molar-refractivity contribution in [3.8, 4) is 0 Å². The molecule has 1 aromatic heterocycles. The lowest BCUT2D eigenvalue weighted by atomic mass is 9.48. The Morgan fingerprint density at radius 2 is 2.00 bits per heavy atom. The highest BCUT2D eigenvalue weighted by Crippen LogP contribution is 2.60. The molecule has 3 atom stereocenters. The van der Waals surface area contributed by atoms with Crippen LogP contribution in [0, 0.1) is 16.7 Å². The summed E-state index contributed by atoms with van der Waals surface area (Å²) in [6, 6.07) is 1.98. The average Bonchev–Trinajstić information content (AvgIpc) is 3.04. The third kappa shape index (κ3) is 3.15. The first-order chi connectivity index (χ1) is 12.2. The maximum atomic E-state index is 13.2. The number of carbonyl (C=O) groups is 2. The Labute approximate surface area is 156 Å². The van der Waals surface area contributed by atoms with Crippen molar-refractivity contribution in [1.29, 1.82) is 0 Å². The molecule has 0 bridgehead atoms. The first kappa shape index (κ1) is 18.9. The molecule has 0 N–H and O–H groups in total. The summed E-state index contributed by atoms with van der Waals surface area (Å²) in [6.45, 7) is 10.0. The van der Waals surface area contributed by atoms with Gasteiger partial charge in [0.05, 0.1) is 12.5 Å². The van der Waals surface area contributed by atoms with Crippen molar-refractivity contribution >= 4 is 11.8 Å². The van der Waals surface area contributed by atoms with E-state index in [0.29, 0.717) is 0 Å². The van der Waals surface area contributed by atoms with Crippen LogP contribution < -0.4 is 0 Å². The number of ketones is 1. The van der Waals surface area contributed by atoms with Gasteiger partial charge in [-0.1, -0.05) is 32.8 Å². The Kier molecular flexibility index (Phi) is 4.89. The highest BCUT2D eigenvalue weighted by atomic mass is 16.5. The summed E-state index contributed by atoms with van der Waals surface area (Å²) < 4.78 is 10.8. The SMILES string of the molecule is CC(=O)O[C@H]1C(=O)C(C)=C(CCc2ccoc2)[C@@]2(C)CCCC(C)(C)[C@H]12. The maximum Gasteiger partial charge on any atom is 0.303 e. The van der Waals surface area contributed by atoms with Crippen molar-refractivity contribution in [2.45, 2.75) is 72.8 Å². The first-order valence-corrected chi connectivity index (χ1v) is 9.59. The molecule has 1 fully saturated rings. The van der Waals surface area contributed by atoms with Gasteiger partial charge in [-0.2, -0.15) is 0 Å². The van der Waals surface area contributed by atoms with Crippen LogP contribution in [0.5, 0.6) is 0 Å². The van der Waals surface area contributed by atoms with E-state index in [1.165, 1.54) is 12.5 Å². The zero-order valence-corrected chi connectivity index (χ0v) is 16.6. The quantitative estimate of drug-likeness (QED) is 0.720. The molecule has 142 valence electrons. The number of rotatable bonds is 4. The number of ether oxygens (including phenoxy) is 1. The molecular formula is C22H30O4. The smallest absolute Gasteiger partial charge is 0.303 e. The predicted molar refractivity (Wildman–Crippen MR) is 99.5 cm³/mol. The molecule has 4 heteroatoms. The number of carbonyl (C=O) groups excluding carboxylic acids is 2. The third-order valence-electron chi connectivity index (χ3n) is 6.66. The molecule has 1 heterocycles. The maximum absolute atomic E-state index is 13.2. The molecule has 0 aromatic carbocycles. The number of aryl methyl sites for hydroxylation is 1. The topological polar surface area (TPSA) is 56.5 Å². The molecule has 26 heavy (non-hydrogen) atoms.